The van der Waals surface area contributed by atoms with E-state index in [1.807, 2.05) is 24.6 Å². The summed E-state index contributed by atoms with van der Waals surface area (Å²) in [6.45, 7) is 4.08. The number of carbonyl (C=O) groups is 2. The second-order valence-corrected chi connectivity index (χ2v) is 6.74. The highest BCUT2D eigenvalue weighted by molar-refractivity contribution is 7.99. The van der Waals surface area contributed by atoms with Gasteiger partial charge in [-0.15, -0.1) is 0 Å². The summed E-state index contributed by atoms with van der Waals surface area (Å²) in [6.07, 6.45) is 5.20. The number of nitrogens with one attached hydrogen (secondary N) is 3. The molecule has 0 aliphatic heterocycles. The summed E-state index contributed by atoms with van der Waals surface area (Å²) in [7, 11) is 0. The van der Waals surface area contributed by atoms with Crippen LogP contribution in [-0.2, 0) is 4.79 Å². The van der Waals surface area contributed by atoms with Gasteiger partial charge in [-0.05, 0) is 49.2 Å². The molecule has 26 heavy (non-hydrogen) atoms. The van der Waals surface area contributed by atoms with Crippen LogP contribution in [0.4, 0.5) is 0 Å². The van der Waals surface area contributed by atoms with Gasteiger partial charge in [0.25, 0.3) is 5.91 Å². The zero-order valence-corrected chi connectivity index (χ0v) is 15.3. The number of imidazole rings is 1. The van der Waals surface area contributed by atoms with Crippen LogP contribution in [0, 0.1) is 13.8 Å². The lowest BCUT2D eigenvalue weighted by Crippen LogP contribution is -2.42. The quantitative estimate of drug-likeness (QED) is 0.476. The molecule has 0 fully saturated rings. The maximum atomic E-state index is 12.0. The van der Waals surface area contributed by atoms with Crippen molar-refractivity contribution in [1.82, 2.24) is 25.4 Å². The van der Waals surface area contributed by atoms with Crippen LogP contribution in [-0.4, -0.2) is 32.1 Å². The van der Waals surface area contributed by atoms with E-state index in [4.69, 9.17) is 0 Å². The van der Waals surface area contributed by atoms with Crippen LogP contribution >= 0.6 is 11.8 Å². The molecule has 3 rings (SSSR count). The van der Waals surface area contributed by atoms with Crippen molar-refractivity contribution in [1.29, 1.82) is 0 Å². The minimum Gasteiger partial charge on any atom is -0.357 e. The number of hydrogen-bond donors (Lipinski definition) is 3. The molecule has 0 atom stereocenters. The summed E-state index contributed by atoms with van der Waals surface area (Å²) >= 11 is 1.30. The number of hydrazine groups is 1. The second kappa shape index (κ2) is 7.92. The third-order valence-electron chi connectivity index (χ3n) is 3.58. The lowest BCUT2D eigenvalue weighted by Gasteiger charge is -2.10. The lowest BCUT2D eigenvalue weighted by molar-refractivity contribution is -0.119. The number of thioether (sulfide) groups is 1. The molecule has 0 aliphatic carbocycles. The molecule has 0 spiro atoms. The van der Waals surface area contributed by atoms with E-state index in [1.165, 1.54) is 11.8 Å². The van der Waals surface area contributed by atoms with Gasteiger partial charge in [-0.1, -0.05) is 17.8 Å². The van der Waals surface area contributed by atoms with Crippen LogP contribution in [0.2, 0.25) is 0 Å². The number of benzene rings is 1. The molecular formula is C18H19N5O2S. The zero-order chi connectivity index (χ0) is 18.5. The topological polar surface area (TPSA) is 91.8 Å². The van der Waals surface area contributed by atoms with Gasteiger partial charge in [-0.25, -0.2) is 4.98 Å². The molecule has 0 saturated heterocycles. The number of nitrogens with zero attached hydrogens (tertiary/aromatic N) is 2. The van der Waals surface area contributed by atoms with E-state index >= 15 is 0 Å². The third-order valence-corrected chi connectivity index (χ3v) is 4.55. The molecule has 0 bridgehead atoms. The van der Waals surface area contributed by atoms with Crippen molar-refractivity contribution in [3.05, 3.63) is 65.7 Å². The van der Waals surface area contributed by atoms with E-state index < -0.39 is 5.91 Å². The van der Waals surface area contributed by atoms with Gasteiger partial charge in [0.05, 0.1) is 5.75 Å². The third kappa shape index (κ3) is 4.34. The summed E-state index contributed by atoms with van der Waals surface area (Å²) in [6, 6.07) is 9.56. The number of rotatable bonds is 5. The summed E-state index contributed by atoms with van der Waals surface area (Å²) in [5.74, 6) is -0.581. The summed E-state index contributed by atoms with van der Waals surface area (Å²) < 4.78 is 1.94. The van der Waals surface area contributed by atoms with Gasteiger partial charge in [0.15, 0.2) is 5.16 Å². The standard InChI is InChI=1S/C18H19N5O2S/c1-12-8-13(2)10-14(9-12)23-7-6-20-18(23)26-11-16(24)21-22-17(25)15-4-3-5-19-15/h3-10,19H,11H2,1-2H3,(H,21,24)(H,22,25). The van der Waals surface area contributed by atoms with Gasteiger partial charge in [0.1, 0.15) is 5.69 Å². The van der Waals surface area contributed by atoms with Crippen molar-refractivity contribution in [2.75, 3.05) is 5.75 Å². The van der Waals surface area contributed by atoms with Gasteiger partial charge in [-0.2, -0.15) is 0 Å². The first-order valence-electron chi connectivity index (χ1n) is 8.00. The molecule has 8 heteroatoms. The van der Waals surface area contributed by atoms with Gasteiger partial charge >= 0.3 is 0 Å². The van der Waals surface area contributed by atoms with E-state index in [2.05, 4.69) is 39.0 Å². The number of H-pyrrole nitrogens is 1. The molecule has 0 unspecified atom stereocenters. The number of aryl methyl sites for hydroxylation is 2. The number of hydrogen-bond acceptors (Lipinski definition) is 4. The highest BCUT2D eigenvalue weighted by atomic mass is 32.2. The predicted molar refractivity (Wildman–Crippen MR) is 100 cm³/mol. The van der Waals surface area contributed by atoms with E-state index in [-0.39, 0.29) is 11.7 Å². The molecule has 3 N–H and O–H groups in total. The SMILES string of the molecule is Cc1cc(C)cc(-n2ccnc2SCC(=O)NNC(=O)c2ccc[nH]2)c1. The molecule has 0 saturated carbocycles. The smallest absolute Gasteiger partial charge is 0.286 e. The molecule has 1 aromatic carbocycles. The van der Waals surface area contributed by atoms with E-state index in [0.29, 0.717) is 10.9 Å². The Morgan fingerprint density at radius 1 is 1.19 bits per heavy atom. The highest BCUT2D eigenvalue weighted by Gasteiger charge is 2.11. The largest absolute Gasteiger partial charge is 0.357 e. The van der Waals surface area contributed by atoms with Crippen LogP contribution in [0.15, 0.2) is 54.1 Å². The normalized spacial score (nSPS) is 10.5. The van der Waals surface area contributed by atoms with Crippen LogP contribution in [0.3, 0.4) is 0 Å². The fourth-order valence-electron chi connectivity index (χ4n) is 2.51. The van der Waals surface area contributed by atoms with Crippen molar-refractivity contribution >= 4 is 23.6 Å². The maximum Gasteiger partial charge on any atom is 0.286 e. The average molecular weight is 369 g/mol. The summed E-state index contributed by atoms with van der Waals surface area (Å²) in [5, 5.41) is 0.709. The molecular weight excluding hydrogens is 350 g/mol. The Morgan fingerprint density at radius 2 is 1.96 bits per heavy atom. The fraction of sp³-hybridized carbons (Fsp3) is 0.167. The van der Waals surface area contributed by atoms with Gasteiger partial charge < -0.3 is 4.98 Å². The molecule has 134 valence electrons. The zero-order valence-electron chi connectivity index (χ0n) is 14.4. The average Bonchev–Trinajstić information content (AvgIpc) is 3.28. The van der Waals surface area contributed by atoms with Crippen molar-refractivity contribution < 1.29 is 9.59 Å². The van der Waals surface area contributed by atoms with Crippen LogP contribution in [0.1, 0.15) is 21.6 Å². The number of aromatic amines is 1. The Kier molecular flexibility index (Phi) is 5.43. The lowest BCUT2D eigenvalue weighted by atomic mass is 10.1. The Balaban J connectivity index is 1.58. The van der Waals surface area contributed by atoms with Crippen molar-refractivity contribution in [3.8, 4) is 5.69 Å². The summed E-state index contributed by atoms with van der Waals surface area (Å²) in [4.78, 5) is 30.8. The Hall–Kier alpha value is -3.00. The molecule has 0 aliphatic rings. The molecule has 7 nitrogen and oxygen atoms in total. The summed E-state index contributed by atoms with van der Waals surface area (Å²) in [5.41, 5.74) is 8.46. The second-order valence-electron chi connectivity index (χ2n) is 5.80. The highest BCUT2D eigenvalue weighted by Crippen LogP contribution is 2.21. The van der Waals surface area contributed by atoms with Crippen molar-refractivity contribution in [2.45, 2.75) is 19.0 Å². The monoisotopic (exact) mass is 369 g/mol. The molecule has 0 radical (unpaired) electrons. The minimum absolute atomic E-state index is 0.132. The molecule has 3 aromatic rings. The fourth-order valence-corrected chi connectivity index (χ4v) is 3.29. The number of aromatic nitrogens is 3. The van der Waals surface area contributed by atoms with E-state index in [0.717, 1.165) is 16.8 Å². The van der Waals surface area contributed by atoms with Crippen LogP contribution in [0.25, 0.3) is 5.69 Å². The molecule has 2 amide bonds. The Morgan fingerprint density at radius 3 is 2.65 bits per heavy atom. The van der Waals surface area contributed by atoms with Crippen molar-refractivity contribution in [2.24, 2.45) is 0 Å². The first kappa shape index (κ1) is 17.8. The number of amides is 2. The van der Waals surface area contributed by atoms with Crippen LogP contribution in [0.5, 0.6) is 0 Å². The van der Waals surface area contributed by atoms with Gasteiger partial charge in [0, 0.05) is 24.3 Å². The first-order valence-corrected chi connectivity index (χ1v) is 8.99. The number of carbonyl (C=O) groups excluding carboxylic acids is 2. The van der Waals surface area contributed by atoms with E-state index in [1.54, 1.807) is 24.5 Å². The van der Waals surface area contributed by atoms with Gasteiger partial charge in [0.2, 0.25) is 5.91 Å². The first-order chi connectivity index (χ1) is 12.5. The molecule has 2 aromatic heterocycles. The minimum atomic E-state index is -0.398. The van der Waals surface area contributed by atoms with Crippen molar-refractivity contribution in [3.63, 3.8) is 0 Å². The van der Waals surface area contributed by atoms with Crippen LogP contribution < -0.4 is 10.9 Å². The Labute approximate surface area is 155 Å². The maximum absolute atomic E-state index is 12.0. The predicted octanol–water partition coefficient (Wildman–Crippen LogP) is 2.37. The van der Waals surface area contributed by atoms with Gasteiger partial charge in [-0.3, -0.25) is 25.0 Å². The Bertz CT molecular complexity index is 897. The molecule has 2 heterocycles. The van der Waals surface area contributed by atoms with E-state index in [9.17, 15) is 9.59 Å².